The first kappa shape index (κ1) is 13.0. The summed E-state index contributed by atoms with van der Waals surface area (Å²) in [7, 11) is 0. The van der Waals surface area contributed by atoms with Crippen molar-refractivity contribution in [1.82, 2.24) is 9.88 Å². The van der Waals surface area contributed by atoms with Crippen LogP contribution in [-0.4, -0.2) is 28.9 Å². The van der Waals surface area contributed by atoms with E-state index in [1.165, 1.54) is 0 Å². The first-order chi connectivity index (χ1) is 8.83. The van der Waals surface area contributed by atoms with E-state index in [0.29, 0.717) is 13.0 Å². The largest absolute Gasteiger partial charge is 0.336 e. The average molecular weight is 247 g/mol. The number of hydrogen-bond acceptors (Lipinski definition) is 3. The Hall–Kier alpha value is -1.42. The fourth-order valence-corrected chi connectivity index (χ4v) is 2.55. The number of hydrogen-bond donors (Lipinski definition) is 1. The van der Waals surface area contributed by atoms with E-state index in [1.54, 1.807) is 6.20 Å². The molecule has 1 saturated heterocycles. The molecule has 18 heavy (non-hydrogen) atoms. The molecule has 1 atom stereocenters. The molecule has 0 radical (unpaired) electrons. The molecule has 0 saturated carbocycles. The van der Waals surface area contributed by atoms with Gasteiger partial charge in [-0.25, -0.2) is 0 Å². The van der Waals surface area contributed by atoms with Gasteiger partial charge in [0.05, 0.1) is 6.04 Å². The van der Waals surface area contributed by atoms with Gasteiger partial charge < -0.3 is 10.6 Å². The highest BCUT2D eigenvalue weighted by Gasteiger charge is 2.29. The normalized spacial score (nSPS) is 19.2. The minimum atomic E-state index is 0.226. The summed E-state index contributed by atoms with van der Waals surface area (Å²) in [5.41, 5.74) is 6.61. The highest BCUT2D eigenvalue weighted by molar-refractivity contribution is 5.77. The number of nitrogens with two attached hydrogens (primary N) is 1. The summed E-state index contributed by atoms with van der Waals surface area (Å²) in [6.07, 6.45) is 8.22. The zero-order valence-electron chi connectivity index (χ0n) is 10.7. The van der Waals surface area contributed by atoms with Crippen LogP contribution in [0.3, 0.4) is 0 Å². The Balaban J connectivity index is 1.97. The second-order valence-corrected chi connectivity index (χ2v) is 4.78. The van der Waals surface area contributed by atoms with Crippen molar-refractivity contribution < 1.29 is 4.79 Å². The van der Waals surface area contributed by atoms with Gasteiger partial charge in [0.1, 0.15) is 0 Å². The summed E-state index contributed by atoms with van der Waals surface area (Å²) in [5, 5.41) is 0. The number of amides is 1. The second kappa shape index (κ2) is 6.50. The molecule has 0 spiro atoms. The molecule has 4 nitrogen and oxygen atoms in total. The number of unbranched alkanes of at least 4 members (excludes halogenated alkanes) is 1. The first-order valence-corrected chi connectivity index (χ1v) is 6.72. The Labute approximate surface area is 108 Å². The first-order valence-electron chi connectivity index (χ1n) is 6.72. The zero-order chi connectivity index (χ0) is 12.8. The molecule has 1 aromatic heterocycles. The number of aromatic nitrogens is 1. The number of nitrogens with zero attached hydrogens (tertiary/aromatic N) is 2. The molecular formula is C14H21N3O. The molecule has 1 unspecified atom stereocenters. The Morgan fingerprint density at radius 2 is 2.39 bits per heavy atom. The van der Waals surface area contributed by atoms with Gasteiger partial charge in [-0.3, -0.25) is 9.78 Å². The highest BCUT2D eigenvalue weighted by Crippen LogP contribution is 2.31. The van der Waals surface area contributed by atoms with Gasteiger partial charge in [0.2, 0.25) is 5.91 Å². The van der Waals surface area contributed by atoms with Crippen LogP contribution in [-0.2, 0) is 4.79 Å². The summed E-state index contributed by atoms with van der Waals surface area (Å²) in [4.78, 5) is 18.3. The van der Waals surface area contributed by atoms with Crippen LogP contribution in [0.1, 0.15) is 43.7 Å². The van der Waals surface area contributed by atoms with E-state index in [4.69, 9.17) is 5.73 Å². The van der Waals surface area contributed by atoms with Crippen LogP contribution in [0.25, 0.3) is 0 Å². The molecule has 0 bridgehead atoms. The maximum Gasteiger partial charge on any atom is 0.223 e. The number of rotatable bonds is 5. The van der Waals surface area contributed by atoms with Crippen LogP contribution in [0.2, 0.25) is 0 Å². The zero-order valence-corrected chi connectivity index (χ0v) is 10.7. The van der Waals surface area contributed by atoms with E-state index in [2.05, 4.69) is 11.1 Å². The topological polar surface area (TPSA) is 59.2 Å². The smallest absolute Gasteiger partial charge is 0.223 e. The molecule has 2 rings (SSSR count). The molecule has 1 amide bonds. The van der Waals surface area contributed by atoms with E-state index in [0.717, 1.165) is 37.8 Å². The van der Waals surface area contributed by atoms with E-state index in [1.807, 2.05) is 17.2 Å². The van der Waals surface area contributed by atoms with Gasteiger partial charge in [-0.2, -0.15) is 0 Å². The van der Waals surface area contributed by atoms with Crippen molar-refractivity contribution in [2.45, 2.75) is 38.1 Å². The fraction of sp³-hybridized carbons (Fsp3) is 0.571. The SMILES string of the molecule is NCCCCC(=O)N1CCCC1c1cccnc1. The monoisotopic (exact) mass is 247 g/mol. The highest BCUT2D eigenvalue weighted by atomic mass is 16.2. The summed E-state index contributed by atoms with van der Waals surface area (Å²) in [6.45, 7) is 1.54. The Morgan fingerprint density at radius 3 is 3.11 bits per heavy atom. The summed E-state index contributed by atoms with van der Waals surface area (Å²) in [5.74, 6) is 0.259. The van der Waals surface area contributed by atoms with Crippen molar-refractivity contribution in [3.63, 3.8) is 0 Å². The molecule has 4 heteroatoms. The van der Waals surface area contributed by atoms with Crippen molar-refractivity contribution >= 4 is 5.91 Å². The third-order valence-corrected chi connectivity index (χ3v) is 3.49. The lowest BCUT2D eigenvalue weighted by atomic mass is 10.1. The van der Waals surface area contributed by atoms with Gasteiger partial charge in [0.25, 0.3) is 0 Å². The molecule has 0 aromatic carbocycles. The van der Waals surface area contributed by atoms with Gasteiger partial charge in [0, 0.05) is 25.4 Å². The number of pyridine rings is 1. The lowest BCUT2D eigenvalue weighted by Crippen LogP contribution is -2.30. The van der Waals surface area contributed by atoms with Gasteiger partial charge in [-0.1, -0.05) is 6.07 Å². The van der Waals surface area contributed by atoms with Crippen molar-refractivity contribution in [3.05, 3.63) is 30.1 Å². The number of carbonyl (C=O) groups is 1. The fourth-order valence-electron chi connectivity index (χ4n) is 2.55. The number of carbonyl (C=O) groups excluding carboxylic acids is 1. The van der Waals surface area contributed by atoms with Crippen LogP contribution in [0, 0.1) is 0 Å². The maximum absolute atomic E-state index is 12.2. The minimum Gasteiger partial charge on any atom is -0.336 e. The van der Waals surface area contributed by atoms with Crippen LogP contribution in [0.5, 0.6) is 0 Å². The predicted octanol–water partition coefficient (Wildman–Crippen LogP) is 1.87. The molecule has 1 aliphatic heterocycles. The number of likely N-dealkylation sites (tertiary alicyclic amines) is 1. The summed E-state index contributed by atoms with van der Waals surface area (Å²) >= 11 is 0. The van der Waals surface area contributed by atoms with E-state index in [9.17, 15) is 4.79 Å². The quantitative estimate of drug-likeness (QED) is 0.808. The second-order valence-electron chi connectivity index (χ2n) is 4.78. The van der Waals surface area contributed by atoms with Gasteiger partial charge >= 0.3 is 0 Å². The lowest BCUT2D eigenvalue weighted by Gasteiger charge is -2.24. The molecule has 2 heterocycles. The standard InChI is InChI=1S/C14H21N3O/c15-8-2-1-7-14(18)17-10-4-6-13(17)12-5-3-9-16-11-12/h3,5,9,11,13H,1-2,4,6-8,10,15H2. The van der Waals surface area contributed by atoms with Crippen molar-refractivity contribution in [2.75, 3.05) is 13.1 Å². The predicted molar refractivity (Wildman–Crippen MR) is 70.8 cm³/mol. The van der Waals surface area contributed by atoms with Crippen LogP contribution in [0.15, 0.2) is 24.5 Å². The maximum atomic E-state index is 12.2. The van der Waals surface area contributed by atoms with Crippen molar-refractivity contribution in [2.24, 2.45) is 5.73 Å². The molecular weight excluding hydrogens is 226 g/mol. The van der Waals surface area contributed by atoms with Gasteiger partial charge in [-0.15, -0.1) is 0 Å². The Morgan fingerprint density at radius 1 is 1.50 bits per heavy atom. The molecule has 1 aromatic rings. The van der Waals surface area contributed by atoms with E-state index in [-0.39, 0.29) is 11.9 Å². The van der Waals surface area contributed by atoms with E-state index < -0.39 is 0 Å². The van der Waals surface area contributed by atoms with Gasteiger partial charge in [-0.05, 0) is 43.9 Å². The average Bonchev–Trinajstić information content (AvgIpc) is 2.89. The molecule has 1 fully saturated rings. The third kappa shape index (κ3) is 3.07. The van der Waals surface area contributed by atoms with Crippen molar-refractivity contribution in [1.29, 1.82) is 0 Å². The van der Waals surface area contributed by atoms with Crippen molar-refractivity contribution in [3.8, 4) is 0 Å². The van der Waals surface area contributed by atoms with Crippen LogP contribution >= 0.6 is 0 Å². The third-order valence-electron chi connectivity index (χ3n) is 3.49. The summed E-state index contributed by atoms with van der Waals surface area (Å²) in [6, 6.07) is 4.22. The molecule has 98 valence electrons. The van der Waals surface area contributed by atoms with Crippen LogP contribution in [0.4, 0.5) is 0 Å². The summed E-state index contributed by atoms with van der Waals surface area (Å²) < 4.78 is 0. The Kier molecular flexibility index (Phi) is 4.70. The molecule has 1 aliphatic rings. The van der Waals surface area contributed by atoms with E-state index >= 15 is 0 Å². The van der Waals surface area contributed by atoms with Crippen LogP contribution < -0.4 is 5.73 Å². The minimum absolute atomic E-state index is 0.226. The molecule has 0 aliphatic carbocycles. The Bertz CT molecular complexity index is 380. The lowest BCUT2D eigenvalue weighted by molar-refractivity contribution is -0.132. The van der Waals surface area contributed by atoms with Gasteiger partial charge in [0.15, 0.2) is 0 Å². The molecule has 2 N–H and O–H groups in total.